The molecule has 0 aliphatic heterocycles. The highest BCUT2D eigenvalue weighted by atomic mass is 16.5. The summed E-state index contributed by atoms with van der Waals surface area (Å²) in [6.45, 7) is 4.06. The molecule has 0 fully saturated rings. The number of hydrogen-bond acceptors (Lipinski definition) is 4. The summed E-state index contributed by atoms with van der Waals surface area (Å²) in [6.07, 6.45) is 6.48. The van der Waals surface area contributed by atoms with Gasteiger partial charge in [0.15, 0.2) is 11.5 Å². The normalized spacial score (nSPS) is 14.0. The molecular weight excluding hydrogens is 276 g/mol. The molecule has 114 valence electrons. The smallest absolute Gasteiger partial charge is 0.162 e. The molecule has 1 aliphatic carbocycles. The zero-order valence-electron chi connectivity index (χ0n) is 13.4. The number of aryl methyl sites for hydroxylation is 1. The molecule has 0 N–H and O–H groups in total. The first kappa shape index (κ1) is 14.6. The van der Waals surface area contributed by atoms with Gasteiger partial charge in [-0.15, -0.1) is 0 Å². The van der Waals surface area contributed by atoms with Crippen molar-refractivity contribution in [2.45, 2.75) is 26.7 Å². The van der Waals surface area contributed by atoms with Crippen LogP contribution in [0, 0.1) is 6.92 Å². The van der Waals surface area contributed by atoms with Gasteiger partial charge in [0.25, 0.3) is 0 Å². The van der Waals surface area contributed by atoms with E-state index in [-0.39, 0.29) is 0 Å². The number of hydrogen-bond donors (Lipinski definition) is 0. The minimum Gasteiger partial charge on any atom is -0.493 e. The quantitative estimate of drug-likeness (QED) is 0.834. The average Bonchev–Trinajstić information content (AvgIpc) is 3.35. The topological polar surface area (TPSA) is 44.2 Å². The Morgan fingerprint density at radius 1 is 1.18 bits per heavy atom. The monoisotopic (exact) mass is 296 g/mol. The highest BCUT2D eigenvalue weighted by molar-refractivity contribution is 5.97. The fraction of sp³-hybridized carbons (Fsp3) is 0.333. The molecule has 4 nitrogen and oxygen atoms in total. The molecule has 0 amide bonds. The van der Waals surface area contributed by atoms with Crippen LogP contribution in [0.4, 0.5) is 0 Å². The number of fused-ring (bicyclic) bond motifs is 1. The zero-order chi connectivity index (χ0) is 15.7. The molecule has 0 bridgehead atoms. The van der Waals surface area contributed by atoms with Crippen molar-refractivity contribution in [3.63, 3.8) is 0 Å². The molecule has 1 aromatic heterocycles. The molecule has 0 unspecified atom stereocenters. The molecule has 0 spiro atoms. The second-order valence-electron chi connectivity index (χ2n) is 5.30. The summed E-state index contributed by atoms with van der Waals surface area (Å²) in [5.41, 5.74) is 4.43. The first-order valence-electron chi connectivity index (χ1n) is 7.48. The van der Waals surface area contributed by atoms with E-state index in [1.807, 2.05) is 19.1 Å². The number of nitrogens with zero attached hydrogens (tertiary/aromatic N) is 2. The third kappa shape index (κ3) is 2.56. The summed E-state index contributed by atoms with van der Waals surface area (Å²) in [6, 6.07) is 3.88. The highest BCUT2D eigenvalue weighted by Crippen LogP contribution is 2.39. The lowest BCUT2D eigenvalue weighted by atomic mass is 10.0. The van der Waals surface area contributed by atoms with Gasteiger partial charge in [-0.3, -0.25) is 0 Å². The van der Waals surface area contributed by atoms with Gasteiger partial charge in [-0.25, -0.2) is 9.97 Å². The predicted molar refractivity (Wildman–Crippen MR) is 88.3 cm³/mol. The summed E-state index contributed by atoms with van der Waals surface area (Å²) in [5.74, 6) is 2.15. The van der Waals surface area contributed by atoms with Crippen LogP contribution < -0.4 is 9.47 Å². The maximum absolute atomic E-state index is 5.43. The SMILES string of the molecule is CC/C=C(\C1=CC1)c1nc(C)nc2cc(OC)c(OC)cc12. The van der Waals surface area contributed by atoms with E-state index in [9.17, 15) is 0 Å². The summed E-state index contributed by atoms with van der Waals surface area (Å²) >= 11 is 0. The lowest BCUT2D eigenvalue weighted by molar-refractivity contribution is 0.355. The standard InChI is InChI=1S/C18H20N2O2/c1-5-6-13(12-7-8-12)18-14-9-16(21-3)17(22-4)10-15(14)19-11(2)20-18/h6-7,9-10H,5,8H2,1-4H3/b13-6+. The van der Waals surface area contributed by atoms with Crippen molar-refractivity contribution in [1.82, 2.24) is 9.97 Å². The van der Waals surface area contributed by atoms with Crippen LogP contribution in [0.5, 0.6) is 11.5 Å². The molecule has 1 heterocycles. The van der Waals surface area contributed by atoms with Crippen molar-refractivity contribution in [2.75, 3.05) is 14.2 Å². The van der Waals surface area contributed by atoms with E-state index in [2.05, 4.69) is 24.1 Å². The third-order valence-corrected chi connectivity index (χ3v) is 3.73. The van der Waals surface area contributed by atoms with Crippen molar-refractivity contribution in [1.29, 1.82) is 0 Å². The van der Waals surface area contributed by atoms with Gasteiger partial charge < -0.3 is 9.47 Å². The summed E-state index contributed by atoms with van der Waals surface area (Å²) in [5, 5.41) is 0.996. The summed E-state index contributed by atoms with van der Waals surface area (Å²) in [7, 11) is 3.28. The second-order valence-corrected chi connectivity index (χ2v) is 5.30. The van der Waals surface area contributed by atoms with Crippen LogP contribution >= 0.6 is 0 Å². The van der Waals surface area contributed by atoms with E-state index in [4.69, 9.17) is 14.5 Å². The largest absolute Gasteiger partial charge is 0.493 e. The number of methoxy groups -OCH3 is 2. The minimum atomic E-state index is 0.686. The van der Waals surface area contributed by atoms with Gasteiger partial charge in [-0.2, -0.15) is 0 Å². The molecule has 22 heavy (non-hydrogen) atoms. The Morgan fingerprint density at radius 2 is 1.86 bits per heavy atom. The van der Waals surface area contributed by atoms with Crippen LogP contribution in [0.3, 0.4) is 0 Å². The van der Waals surface area contributed by atoms with Crippen molar-refractivity contribution < 1.29 is 9.47 Å². The Hall–Kier alpha value is -2.36. The Morgan fingerprint density at radius 3 is 2.45 bits per heavy atom. The van der Waals surface area contributed by atoms with Crippen molar-refractivity contribution in [3.8, 4) is 11.5 Å². The summed E-state index contributed by atoms with van der Waals surface area (Å²) < 4.78 is 10.8. The van der Waals surface area contributed by atoms with Crippen LogP contribution in [-0.2, 0) is 0 Å². The first-order valence-corrected chi connectivity index (χ1v) is 7.48. The maximum atomic E-state index is 5.43. The van der Waals surface area contributed by atoms with E-state index in [1.165, 1.54) is 11.1 Å². The average molecular weight is 296 g/mol. The zero-order valence-corrected chi connectivity index (χ0v) is 13.4. The Kier molecular flexibility index (Phi) is 3.84. The molecule has 3 rings (SSSR count). The van der Waals surface area contributed by atoms with Crippen molar-refractivity contribution >= 4 is 16.5 Å². The first-order chi connectivity index (χ1) is 10.7. The van der Waals surface area contributed by atoms with E-state index < -0.39 is 0 Å². The number of aromatic nitrogens is 2. The van der Waals surface area contributed by atoms with Gasteiger partial charge in [0.1, 0.15) is 5.82 Å². The molecule has 0 saturated heterocycles. The Labute approximate surface area is 130 Å². The van der Waals surface area contributed by atoms with Crippen molar-refractivity contribution in [2.24, 2.45) is 0 Å². The number of benzene rings is 1. The highest BCUT2D eigenvalue weighted by Gasteiger charge is 2.20. The molecule has 1 aliphatic rings. The minimum absolute atomic E-state index is 0.686. The molecule has 4 heteroatoms. The maximum Gasteiger partial charge on any atom is 0.162 e. The second kappa shape index (κ2) is 5.79. The van der Waals surface area contributed by atoms with E-state index in [0.29, 0.717) is 11.5 Å². The number of ether oxygens (including phenoxy) is 2. The molecule has 0 atom stereocenters. The Bertz CT molecular complexity index is 791. The lowest BCUT2D eigenvalue weighted by Crippen LogP contribution is -1.99. The lowest BCUT2D eigenvalue weighted by Gasteiger charge is -2.13. The van der Waals surface area contributed by atoms with Gasteiger partial charge in [0, 0.05) is 17.0 Å². The molecule has 1 aromatic carbocycles. The van der Waals surface area contributed by atoms with E-state index >= 15 is 0 Å². The van der Waals surface area contributed by atoms with Crippen LogP contribution in [0.1, 0.15) is 31.3 Å². The van der Waals surface area contributed by atoms with Gasteiger partial charge in [-0.05, 0) is 31.4 Å². The van der Waals surface area contributed by atoms with Gasteiger partial charge in [0.05, 0.1) is 25.4 Å². The fourth-order valence-electron chi connectivity index (χ4n) is 2.63. The van der Waals surface area contributed by atoms with E-state index in [1.54, 1.807) is 14.2 Å². The fourth-order valence-corrected chi connectivity index (χ4v) is 2.63. The van der Waals surface area contributed by atoms with Crippen LogP contribution in [-0.4, -0.2) is 24.2 Å². The molecule has 2 aromatic rings. The predicted octanol–water partition coefficient (Wildman–Crippen LogP) is 4.08. The van der Waals surface area contributed by atoms with Gasteiger partial charge in [-0.1, -0.05) is 19.1 Å². The molecule has 0 saturated carbocycles. The Balaban J connectivity index is 2.29. The molecule has 0 radical (unpaired) electrons. The third-order valence-electron chi connectivity index (χ3n) is 3.73. The van der Waals surface area contributed by atoms with E-state index in [0.717, 1.165) is 35.3 Å². The summed E-state index contributed by atoms with van der Waals surface area (Å²) in [4.78, 5) is 9.25. The van der Waals surface area contributed by atoms with Crippen LogP contribution in [0.25, 0.3) is 16.5 Å². The van der Waals surface area contributed by atoms with Crippen LogP contribution in [0.2, 0.25) is 0 Å². The van der Waals surface area contributed by atoms with Gasteiger partial charge >= 0.3 is 0 Å². The van der Waals surface area contributed by atoms with Crippen LogP contribution in [0.15, 0.2) is 29.9 Å². The van der Waals surface area contributed by atoms with Crippen molar-refractivity contribution in [3.05, 3.63) is 41.4 Å². The number of rotatable bonds is 5. The molecular formula is C18H20N2O2. The van der Waals surface area contributed by atoms with Gasteiger partial charge in [0.2, 0.25) is 0 Å². The number of allylic oxidation sites excluding steroid dienone is 4.